The minimum atomic E-state index is -3.63. The lowest BCUT2D eigenvalue weighted by atomic mass is 10.00. The smallest absolute Gasteiger partial charge is 0.243 e. The Balaban J connectivity index is 1.92. The Morgan fingerprint density at radius 3 is 2.24 bits per heavy atom. The van der Waals surface area contributed by atoms with Gasteiger partial charge < -0.3 is 15.0 Å². The fourth-order valence-corrected chi connectivity index (χ4v) is 5.75. The molecule has 3 rings (SSSR count). The number of amides is 2. The van der Waals surface area contributed by atoms with Gasteiger partial charge in [0, 0.05) is 36.5 Å². The topological polar surface area (TPSA) is 96.0 Å². The Hall–Kier alpha value is -3.56. The van der Waals surface area contributed by atoms with E-state index in [0.29, 0.717) is 22.9 Å². The highest BCUT2D eigenvalue weighted by atomic mass is 35.5. The fraction of sp³-hybridized carbons (Fsp3) is 0.375. The number of methoxy groups -OCH3 is 1. The summed E-state index contributed by atoms with van der Waals surface area (Å²) in [4.78, 5) is 29.3. The summed E-state index contributed by atoms with van der Waals surface area (Å²) in [6, 6.07) is 22.7. The molecule has 0 unspecified atom stereocenters. The highest BCUT2D eigenvalue weighted by molar-refractivity contribution is 7.92. The van der Waals surface area contributed by atoms with Crippen LogP contribution >= 0.6 is 11.6 Å². The molecular formula is C32H40ClN3O5S. The van der Waals surface area contributed by atoms with Crippen LogP contribution in [0.5, 0.6) is 5.75 Å². The highest BCUT2D eigenvalue weighted by Gasteiger charge is 2.32. The first-order valence-corrected chi connectivity index (χ1v) is 16.0. The van der Waals surface area contributed by atoms with Crippen LogP contribution in [-0.2, 0) is 32.6 Å². The van der Waals surface area contributed by atoms with Crippen molar-refractivity contribution in [1.82, 2.24) is 10.2 Å². The average Bonchev–Trinajstić information content (AvgIpc) is 2.92. The summed E-state index contributed by atoms with van der Waals surface area (Å²) in [5, 5.41) is 3.46. The number of halogens is 1. The normalized spacial score (nSPS) is 12.3. The van der Waals surface area contributed by atoms with Gasteiger partial charge in [0.15, 0.2) is 0 Å². The minimum absolute atomic E-state index is 0.0324. The fourth-order valence-electron chi connectivity index (χ4n) is 4.61. The van der Waals surface area contributed by atoms with Crippen molar-refractivity contribution in [3.05, 3.63) is 95.0 Å². The molecule has 0 fully saturated rings. The lowest BCUT2D eigenvalue weighted by Gasteiger charge is -2.34. The summed E-state index contributed by atoms with van der Waals surface area (Å²) in [5.74, 6) is 0.116. The van der Waals surface area contributed by atoms with E-state index in [1.807, 2.05) is 75.4 Å². The molecule has 0 saturated carbocycles. The van der Waals surface area contributed by atoms with Crippen molar-refractivity contribution in [2.24, 2.45) is 0 Å². The molecule has 0 aromatic heterocycles. The van der Waals surface area contributed by atoms with E-state index in [1.165, 1.54) is 4.31 Å². The molecule has 1 atom stereocenters. The van der Waals surface area contributed by atoms with Crippen molar-refractivity contribution < 1.29 is 22.7 Å². The molecule has 226 valence electrons. The molecule has 3 aromatic carbocycles. The molecule has 0 aliphatic rings. The molecule has 1 N–H and O–H groups in total. The number of rotatable bonds is 13. The second-order valence-corrected chi connectivity index (χ2v) is 13.6. The number of anilines is 1. The van der Waals surface area contributed by atoms with E-state index in [2.05, 4.69) is 5.32 Å². The van der Waals surface area contributed by atoms with Gasteiger partial charge in [-0.3, -0.25) is 13.9 Å². The van der Waals surface area contributed by atoms with Gasteiger partial charge in [0.05, 0.1) is 19.1 Å². The maximum atomic E-state index is 14.0. The lowest BCUT2D eigenvalue weighted by molar-refractivity contribution is -0.142. The van der Waals surface area contributed by atoms with Gasteiger partial charge in [0.25, 0.3) is 0 Å². The molecule has 0 aliphatic heterocycles. The number of carbonyl (C=O) groups is 2. The molecule has 3 aromatic rings. The van der Waals surface area contributed by atoms with Gasteiger partial charge in [-0.2, -0.15) is 0 Å². The lowest BCUT2D eigenvalue weighted by Crippen LogP contribution is -2.54. The standard InChI is InChI=1S/C32H40ClN3O5S/c1-32(2,3)34-31(38)29(21-24-12-7-6-8-13-24)35(23-25-14-9-17-28(20-25)41-4)30(37)18-11-19-36(42(5,39)40)27-16-10-15-26(33)22-27/h6-10,12-17,20,22,29H,11,18-19,21,23H2,1-5H3,(H,34,38)/t29-/m0/s1. The quantitative estimate of drug-likeness (QED) is 0.277. The van der Waals surface area contributed by atoms with Gasteiger partial charge in [0.2, 0.25) is 21.8 Å². The summed E-state index contributed by atoms with van der Waals surface area (Å²) in [6.45, 7) is 5.95. The van der Waals surface area contributed by atoms with Crippen LogP contribution in [0.15, 0.2) is 78.9 Å². The van der Waals surface area contributed by atoms with E-state index in [0.717, 1.165) is 17.4 Å². The van der Waals surface area contributed by atoms with E-state index < -0.39 is 21.6 Å². The summed E-state index contributed by atoms with van der Waals surface area (Å²) in [5.41, 5.74) is 1.64. The predicted octanol–water partition coefficient (Wildman–Crippen LogP) is 5.45. The summed E-state index contributed by atoms with van der Waals surface area (Å²) in [7, 11) is -2.05. The molecule has 0 spiro atoms. The van der Waals surface area contributed by atoms with Crippen molar-refractivity contribution >= 4 is 39.1 Å². The van der Waals surface area contributed by atoms with E-state index in [1.54, 1.807) is 36.3 Å². The van der Waals surface area contributed by atoms with Crippen molar-refractivity contribution in [2.75, 3.05) is 24.2 Å². The molecule has 0 radical (unpaired) electrons. The third kappa shape index (κ3) is 10.1. The molecule has 2 amide bonds. The molecular weight excluding hydrogens is 574 g/mol. The Kier molecular flexibility index (Phi) is 11.4. The third-order valence-corrected chi connectivity index (χ3v) is 7.93. The van der Waals surface area contributed by atoms with Crippen LogP contribution < -0.4 is 14.4 Å². The van der Waals surface area contributed by atoms with E-state index in [9.17, 15) is 18.0 Å². The first-order chi connectivity index (χ1) is 19.8. The number of benzene rings is 3. The Morgan fingerprint density at radius 1 is 0.952 bits per heavy atom. The van der Waals surface area contributed by atoms with Gasteiger partial charge in [0.1, 0.15) is 11.8 Å². The zero-order valence-electron chi connectivity index (χ0n) is 24.8. The zero-order chi connectivity index (χ0) is 30.9. The summed E-state index contributed by atoms with van der Waals surface area (Å²) >= 11 is 6.11. The first kappa shape index (κ1) is 32.9. The van der Waals surface area contributed by atoms with Gasteiger partial charge in [-0.1, -0.05) is 60.1 Å². The van der Waals surface area contributed by atoms with Gasteiger partial charge >= 0.3 is 0 Å². The molecule has 10 heteroatoms. The number of ether oxygens (including phenoxy) is 1. The van der Waals surface area contributed by atoms with Gasteiger partial charge in [-0.25, -0.2) is 8.42 Å². The molecule has 8 nitrogen and oxygen atoms in total. The van der Waals surface area contributed by atoms with Crippen molar-refractivity contribution in [3.8, 4) is 5.75 Å². The van der Waals surface area contributed by atoms with E-state index in [4.69, 9.17) is 16.3 Å². The monoisotopic (exact) mass is 613 g/mol. The minimum Gasteiger partial charge on any atom is -0.497 e. The molecule has 42 heavy (non-hydrogen) atoms. The SMILES string of the molecule is COc1cccc(CN(C(=O)CCCN(c2cccc(Cl)c2)S(C)(=O)=O)[C@@H](Cc2ccccc2)C(=O)NC(C)(C)C)c1. The molecule has 0 heterocycles. The Bertz CT molecular complexity index is 1460. The first-order valence-electron chi connectivity index (χ1n) is 13.8. The van der Waals surface area contributed by atoms with E-state index in [-0.39, 0.29) is 37.7 Å². The van der Waals surface area contributed by atoms with Crippen LogP contribution in [-0.4, -0.2) is 56.6 Å². The van der Waals surface area contributed by atoms with Crippen molar-refractivity contribution in [2.45, 2.75) is 58.2 Å². The average molecular weight is 614 g/mol. The number of nitrogens with one attached hydrogen (secondary N) is 1. The maximum Gasteiger partial charge on any atom is 0.243 e. The molecule has 0 saturated heterocycles. The summed E-state index contributed by atoms with van der Waals surface area (Å²) in [6.07, 6.45) is 1.71. The van der Waals surface area contributed by atoms with Crippen molar-refractivity contribution in [1.29, 1.82) is 0 Å². The number of nitrogens with zero attached hydrogens (tertiary/aromatic N) is 2. The summed E-state index contributed by atoms with van der Waals surface area (Å²) < 4.78 is 31.8. The zero-order valence-corrected chi connectivity index (χ0v) is 26.4. The number of sulfonamides is 1. The third-order valence-electron chi connectivity index (χ3n) is 6.50. The molecule has 0 aliphatic carbocycles. The Morgan fingerprint density at radius 2 is 1.62 bits per heavy atom. The number of hydrogen-bond donors (Lipinski definition) is 1. The van der Waals surface area contributed by atoms with Crippen LogP contribution in [0.25, 0.3) is 0 Å². The van der Waals surface area contributed by atoms with Crippen LogP contribution in [0, 0.1) is 0 Å². The second kappa shape index (κ2) is 14.6. The van der Waals surface area contributed by atoms with Crippen molar-refractivity contribution in [3.63, 3.8) is 0 Å². The van der Waals surface area contributed by atoms with Crippen LogP contribution in [0.2, 0.25) is 5.02 Å². The van der Waals surface area contributed by atoms with Gasteiger partial charge in [-0.05, 0) is 68.7 Å². The van der Waals surface area contributed by atoms with Crippen LogP contribution in [0.1, 0.15) is 44.7 Å². The number of hydrogen-bond acceptors (Lipinski definition) is 5. The maximum absolute atomic E-state index is 14.0. The second-order valence-electron chi connectivity index (χ2n) is 11.2. The van der Waals surface area contributed by atoms with Crippen LogP contribution in [0.4, 0.5) is 5.69 Å². The largest absolute Gasteiger partial charge is 0.497 e. The number of carbonyl (C=O) groups excluding carboxylic acids is 2. The van der Waals surface area contributed by atoms with Gasteiger partial charge in [-0.15, -0.1) is 0 Å². The highest BCUT2D eigenvalue weighted by Crippen LogP contribution is 2.24. The van der Waals surface area contributed by atoms with E-state index >= 15 is 0 Å². The molecule has 0 bridgehead atoms. The van der Waals surface area contributed by atoms with Crippen LogP contribution in [0.3, 0.4) is 0 Å². The predicted molar refractivity (Wildman–Crippen MR) is 168 cm³/mol. The Labute approximate surface area is 254 Å².